The first-order chi connectivity index (χ1) is 6.24. The normalized spacial score (nSPS) is 19.8. The van der Waals surface area contributed by atoms with E-state index < -0.39 is 0 Å². The van der Waals surface area contributed by atoms with Gasteiger partial charge < -0.3 is 15.3 Å². The molecule has 0 aromatic heterocycles. The number of hydrogen-bond acceptors (Lipinski definition) is 2. The lowest BCUT2D eigenvalue weighted by Crippen LogP contribution is -2.47. The molecule has 1 atom stereocenters. The van der Waals surface area contributed by atoms with Crippen LogP contribution in [0.4, 0.5) is 4.79 Å². The number of aliphatic hydroxyl groups is 1. The zero-order valence-corrected chi connectivity index (χ0v) is 8.12. The molecule has 0 aromatic rings. The Morgan fingerprint density at radius 1 is 1.69 bits per heavy atom. The number of carbonyl (C=O) groups excluding carboxylic acids is 1. The molecule has 0 aliphatic carbocycles. The molecule has 1 fully saturated rings. The van der Waals surface area contributed by atoms with E-state index in [1.807, 2.05) is 4.90 Å². The van der Waals surface area contributed by atoms with E-state index in [0.717, 1.165) is 32.5 Å². The van der Waals surface area contributed by atoms with Gasteiger partial charge in [-0.2, -0.15) is 0 Å². The zero-order valence-electron chi connectivity index (χ0n) is 8.12. The van der Waals surface area contributed by atoms with Gasteiger partial charge in [-0.25, -0.2) is 4.79 Å². The van der Waals surface area contributed by atoms with Crippen molar-refractivity contribution in [1.29, 1.82) is 0 Å². The van der Waals surface area contributed by atoms with Crippen LogP contribution in [0.2, 0.25) is 0 Å². The Morgan fingerprint density at radius 3 is 3.08 bits per heavy atom. The number of hydrogen-bond donors (Lipinski definition) is 2. The van der Waals surface area contributed by atoms with Gasteiger partial charge in [-0.15, -0.1) is 0 Å². The highest BCUT2D eigenvalue weighted by Gasteiger charge is 2.18. The average Bonchev–Trinajstić information content (AvgIpc) is 2.09. The second-order valence-corrected chi connectivity index (χ2v) is 3.65. The topological polar surface area (TPSA) is 52.6 Å². The molecular formula is C9H18N2O2. The summed E-state index contributed by atoms with van der Waals surface area (Å²) >= 11 is 0. The Labute approximate surface area is 78.9 Å². The highest BCUT2D eigenvalue weighted by molar-refractivity contribution is 5.74. The van der Waals surface area contributed by atoms with Crippen molar-refractivity contribution in [2.45, 2.75) is 19.8 Å². The summed E-state index contributed by atoms with van der Waals surface area (Å²) in [7, 11) is 0. The molecule has 4 nitrogen and oxygen atoms in total. The summed E-state index contributed by atoms with van der Waals surface area (Å²) in [6, 6.07) is 0.0380. The standard InChI is InChI=1S/C9H18N2O2/c1-8(3-6-12)7-11-5-2-4-10-9(11)13/h8,12H,2-7H2,1H3,(H,10,13). The number of nitrogens with one attached hydrogen (secondary N) is 1. The minimum absolute atomic E-state index is 0.0380. The van der Waals surface area contributed by atoms with Crippen LogP contribution in [0, 0.1) is 5.92 Å². The summed E-state index contributed by atoms with van der Waals surface area (Å²) in [5, 5.41) is 11.5. The zero-order chi connectivity index (χ0) is 9.68. The summed E-state index contributed by atoms with van der Waals surface area (Å²) in [6.45, 7) is 4.66. The van der Waals surface area contributed by atoms with E-state index in [2.05, 4.69) is 12.2 Å². The van der Waals surface area contributed by atoms with Crippen LogP contribution in [0.1, 0.15) is 19.8 Å². The van der Waals surface area contributed by atoms with E-state index in [9.17, 15) is 4.79 Å². The average molecular weight is 186 g/mol. The van der Waals surface area contributed by atoms with Crippen LogP contribution in [-0.4, -0.2) is 42.3 Å². The summed E-state index contributed by atoms with van der Waals surface area (Å²) in [6.07, 6.45) is 1.79. The van der Waals surface area contributed by atoms with Crippen LogP contribution in [0.5, 0.6) is 0 Å². The van der Waals surface area contributed by atoms with Crippen LogP contribution < -0.4 is 5.32 Å². The van der Waals surface area contributed by atoms with Crippen LogP contribution in [0.15, 0.2) is 0 Å². The van der Waals surface area contributed by atoms with Gasteiger partial charge in [-0.3, -0.25) is 0 Å². The minimum Gasteiger partial charge on any atom is -0.396 e. The summed E-state index contributed by atoms with van der Waals surface area (Å²) in [5.41, 5.74) is 0. The van der Waals surface area contributed by atoms with Gasteiger partial charge in [0.25, 0.3) is 0 Å². The fraction of sp³-hybridized carbons (Fsp3) is 0.889. The van der Waals surface area contributed by atoms with E-state index in [4.69, 9.17) is 5.11 Å². The van der Waals surface area contributed by atoms with Gasteiger partial charge in [0.15, 0.2) is 0 Å². The van der Waals surface area contributed by atoms with Gasteiger partial charge in [-0.05, 0) is 18.8 Å². The van der Waals surface area contributed by atoms with E-state index in [0.29, 0.717) is 5.92 Å². The third kappa shape index (κ3) is 3.22. The summed E-state index contributed by atoms with van der Waals surface area (Å²) in [4.78, 5) is 13.1. The first kappa shape index (κ1) is 10.3. The minimum atomic E-state index is 0.0380. The molecule has 1 rings (SSSR count). The third-order valence-corrected chi connectivity index (χ3v) is 2.32. The van der Waals surface area contributed by atoms with E-state index in [1.165, 1.54) is 0 Å². The maximum Gasteiger partial charge on any atom is 0.317 e. The lowest BCUT2D eigenvalue weighted by Gasteiger charge is -2.29. The maximum absolute atomic E-state index is 11.3. The summed E-state index contributed by atoms with van der Waals surface area (Å²) in [5.74, 6) is 0.383. The monoisotopic (exact) mass is 186 g/mol. The van der Waals surface area contributed by atoms with Crippen molar-refractivity contribution < 1.29 is 9.90 Å². The predicted octanol–water partition coefficient (Wildman–Crippen LogP) is 0.420. The highest BCUT2D eigenvalue weighted by Crippen LogP contribution is 2.07. The Hall–Kier alpha value is -0.770. The highest BCUT2D eigenvalue weighted by atomic mass is 16.3. The fourth-order valence-electron chi connectivity index (χ4n) is 1.54. The number of urea groups is 1. The summed E-state index contributed by atoms with van der Waals surface area (Å²) < 4.78 is 0. The Morgan fingerprint density at radius 2 is 2.46 bits per heavy atom. The lowest BCUT2D eigenvalue weighted by atomic mass is 10.1. The molecule has 1 saturated heterocycles. The smallest absolute Gasteiger partial charge is 0.317 e. The quantitative estimate of drug-likeness (QED) is 0.668. The number of nitrogens with zero attached hydrogens (tertiary/aromatic N) is 1. The third-order valence-electron chi connectivity index (χ3n) is 2.32. The molecule has 1 heterocycles. The SMILES string of the molecule is CC(CCO)CN1CCCNC1=O. The molecule has 0 radical (unpaired) electrons. The van der Waals surface area contributed by atoms with E-state index in [1.54, 1.807) is 0 Å². The van der Waals surface area contributed by atoms with Crippen molar-refractivity contribution in [1.82, 2.24) is 10.2 Å². The van der Waals surface area contributed by atoms with Crippen LogP contribution in [0.3, 0.4) is 0 Å². The largest absolute Gasteiger partial charge is 0.396 e. The van der Waals surface area contributed by atoms with Crippen LogP contribution in [0.25, 0.3) is 0 Å². The molecule has 0 aromatic carbocycles. The van der Waals surface area contributed by atoms with Crippen LogP contribution >= 0.6 is 0 Å². The number of amides is 2. The molecule has 2 N–H and O–H groups in total. The predicted molar refractivity (Wildman–Crippen MR) is 50.5 cm³/mol. The van der Waals surface area contributed by atoms with Gasteiger partial charge in [0.05, 0.1) is 0 Å². The van der Waals surface area contributed by atoms with Crippen LogP contribution in [-0.2, 0) is 0 Å². The van der Waals surface area contributed by atoms with Crippen molar-refractivity contribution in [3.8, 4) is 0 Å². The Bertz CT molecular complexity index is 173. The van der Waals surface area contributed by atoms with Crippen molar-refractivity contribution >= 4 is 6.03 Å². The fourth-order valence-corrected chi connectivity index (χ4v) is 1.54. The van der Waals surface area contributed by atoms with E-state index in [-0.39, 0.29) is 12.6 Å². The second-order valence-electron chi connectivity index (χ2n) is 3.65. The lowest BCUT2D eigenvalue weighted by molar-refractivity contribution is 0.169. The molecule has 0 spiro atoms. The van der Waals surface area contributed by atoms with Crippen molar-refractivity contribution in [2.24, 2.45) is 5.92 Å². The second kappa shape index (κ2) is 5.07. The number of aliphatic hydroxyl groups excluding tert-OH is 1. The molecule has 4 heteroatoms. The molecule has 0 saturated carbocycles. The van der Waals surface area contributed by atoms with Crippen molar-refractivity contribution in [2.75, 3.05) is 26.2 Å². The molecular weight excluding hydrogens is 168 g/mol. The van der Waals surface area contributed by atoms with Gasteiger partial charge in [0.2, 0.25) is 0 Å². The van der Waals surface area contributed by atoms with Gasteiger partial charge in [0, 0.05) is 26.2 Å². The molecule has 0 bridgehead atoms. The molecule has 1 aliphatic rings. The Balaban J connectivity index is 2.29. The number of rotatable bonds is 4. The first-order valence-corrected chi connectivity index (χ1v) is 4.87. The molecule has 13 heavy (non-hydrogen) atoms. The van der Waals surface area contributed by atoms with Crippen molar-refractivity contribution in [3.05, 3.63) is 0 Å². The molecule has 1 aliphatic heterocycles. The van der Waals surface area contributed by atoms with Gasteiger partial charge in [-0.1, -0.05) is 6.92 Å². The molecule has 76 valence electrons. The molecule has 1 unspecified atom stereocenters. The van der Waals surface area contributed by atoms with E-state index >= 15 is 0 Å². The van der Waals surface area contributed by atoms with Gasteiger partial charge in [0.1, 0.15) is 0 Å². The Kier molecular flexibility index (Phi) is 4.02. The van der Waals surface area contributed by atoms with Gasteiger partial charge >= 0.3 is 6.03 Å². The van der Waals surface area contributed by atoms with Crippen molar-refractivity contribution in [3.63, 3.8) is 0 Å². The first-order valence-electron chi connectivity index (χ1n) is 4.87. The maximum atomic E-state index is 11.3. The molecule has 2 amide bonds. The number of carbonyl (C=O) groups is 1.